The fourth-order valence-electron chi connectivity index (χ4n) is 3.60. The van der Waals surface area contributed by atoms with Gasteiger partial charge in [0.15, 0.2) is 9.84 Å². The molecule has 1 aromatic rings. The molecule has 172 valence electrons. The lowest BCUT2D eigenvalue weighted by molar-refractivity contribution is -0.127. The number of carbonyl (C=O) groups is 1. The first-order valence-electron chi connectivity index (χ1n) is 10.00. The van der Waals surface area contributed by atoms with Crippen LogP contribution in [0.1, 0.15) is 25.7 Å². The quantitative estimate of drug-likeness (QED) is 0.305. The maximum Gasteiger partial charge on any atom is 0.401 e. The van der Waals surface area contributed by atoms with E-state index in [-0.39, 0.29) is 35.6 Å². The first-order chi connectivity index (χ1) is 14.6. The second kappa shape index (κ2) is 11.7. The lowest BCUT2D eigenvalue weighted by Gasteiger charge is -2.30. The van der Waals surface area contributed by atoms with Crippen LogP contribution in [0.25, 0.3) is 0 Å². The Morgan fingerprint density at radius 1 is 1.19 bits per heavy atom. The number of amides is 1. The Hall–Kier alpha value is -1.77. The zero-order valence-electron chi connectivity index (χ0n) is 17.0. The Labute approximate surface area is 184 Å². The number of nitriles is 1. The van der Waals surface area contributed by atoms with Gasteiger partial charge in [0.2, 0.25) is 5.91 Å². The van der Waals surface area contributed by atoms with Gasteiger partial charge in [-0.1, -0.05) is 12.8 Å². The summed E-state index contributed by atoms with van der Waals surface area (Å²) >= 11 is 1.33. The van der Waals surface area contributed by atoms with Crippen LogP contribution < -0.4 is 10.6 Å². The summed E-state index contributed by atoms with van der Waals surface area (Å²) in [7, 11) is -3.60. The largest absolute Gasteiger partial charge is 0.401 e. The van der Waals surface area contributed by atoms with E-state index in [0.29, 0.717) is 18.6 Å². The third-order valence-corrected chi connectivity index (χ3v) is 7.95. The number of nitrogens with zero attached hydrogens (tertiary/aromatic N) is 1. The molecule has 0 radical (unpaired) electrons. The van der Waals surface area contributed by atoms with Crippen molar-refractivity contribution in [3.05, 3.63) is 24.3 Å². The number of rotatable bonds is 10. The topological polar surface area (TPSA) is 99.1 Å². The van der Waals surface area contributed by atoms with E-state index in [1.165, 1.54) is 23.9 Å². The van der Waals surface area contributed by atoms with Crippen molar-refractivity contribution >= 4 is 27.5 Å². The highest BCUT2D eigenvalue weighted by Gasteiger charge is 2.34. The molecule has 1 saturated carbocycles. The summed E-state index contributed by atoms with van der Waals surface area (Å²) in [6.45, 7) is -0.956. The third-order valence-electron chi connectivity index (χ3n) is 5.08. The van der Waals surface area contributed by atoms with Gasteiger partial charge in [-0.25, -0.2) is 8.42 Å². The lowest BCUT2D eigenvalue weighted by Crippen LogP contribution is -2.39. The summed E-state index contributed by atoms with van der Waals surface area (Å²) in [5.74, 6) is -0.704. The molecule has 0 bridgehead atoms. The molecule has 1 aromatic carbocycles. The molecule has 2 unspecified atom stereocenters. The minimum Gasteiger partial charge on any atom is -0.343 e. The fraction of sp³-hybridized carbons (Fsp3) is 0.600. The average molecular weight is 478 g/mol. The molecule has 0 spiro atoms. The first kappa shape index (κ1) is 25.5. The van der Waals surface area contributed by atoms with E-state index in [0.717, 1.165) is 17.7 Å². The Morgan fingerprint density at radius 3 is 2.52 bits per heavy atom. The van der Waals surface area contributed by atoms with Gasteiger partial charge >= 0.3 is 6.18 Å². The SMILES string of the molecule is N#CCNC(=O)C1CCCCC1CS(=O)(=O)c1ccc(SCCNCC(F)(F)F)cc1. The number of sulfone groups is 1. The van der Waals surface area contributed by atoms with Crippen molar-refractivity contribution in [2.45, 2.75) is 41.7 Å². The standard InChI is InChI=1S/C20H26F3N3O3S2/c21-20(22,23)14-25-11-12-30-16-5-7-17(8-6-16)31(28,29)13-15-3-1-2-4-18(15)19(27)26-10-9-24/h5-8,15,18,25H,1-4,10-14H2,(H,26,27). The summed E-state index contributed by atoms with van der Waals surface area (Å²) in [5, 5.41) is 13.5. The van der Waals surface area contributed by atoms with E-state index >= 15 is 0 Å². The maximum absolute atomic E-state index is 12.9. The minimum absolute atomic E-state index is 0.0976. The van der Waals surface area contributed by atoms with E-state index in [1.807, 2.05) is 6.07 Å². The number of benzene rings is 1. The van der Waals surface area contributed by atoms with Gasteiger partial charge in [-0.2, -0.15) is 18.4 Å². The van der Waals surface area contributed by atoms with E-state index < -0.39 is 28.5 Å². The molecule has 1 aliphatic rings. The monoisotopic (exact) mass is 477 g/mol. The van der Waals surface area contributed by atoms with Crippen LogP contribution >= 0.6 is 11.8 Å². The molecule has 1 aliphatic carbocycles. The Bertz CT molecular complexity index is 868. The summed E-state index contributed by atoms with van der Waals surface area (Å²) in [4.78, 5) is 13.2. The number of thioether (sulfide) groups is 1. The summed E-state index contributed by atoms with van der Waals surface area (Å²) in [5.41, 5.74) is 0. The maximum atomic E-state index is 12.9. The van der Waals surface area contributed by atoms with Crippen molar-refractivity contribution < 1.29 is 26.4 Å². The molecular formula is C20H26F3N3O3S2. The van der Waals surface area contributed by atoms with Crippen molar-refractivity contribution in [2.24, 2.45) is 11.8 Å². The van der Waals surface area contributed by atoms with E-state index in [4.69, 9.17) is 5.26 Å². The second-order valence-electron chi connectivity index (χ2n) is 7.42. The molecule has 31 heavy (non-hydrogen) atoms. The minimum atomic E-state index is -4.24. The molecule has 0 aromatic heterocycles. The van der Waals surface area contributed by atoms with Gasteiger partial charge in [0.1, 0.15) is 6.54 Å². The van der Waals surface area contributed by atoms with Crippen LogP contribution in [0.2, 0.25) is 0 Å². The average Bonchev–Trinajstić information content (AvgIpc) is 2.71. The number of hydrogen-bond acceptors (Lipinski definition) is 6. The molecule has 6 nitrogen and oxygen atoms in total. The van der Waals surface area contributed by atoms with Crippen molar-refractivity contribution in [3.8, 4) is 6.07 Å². The molecule has 2 rings (SSSR count). The third kappa shape index (κ3) is 8.71. The highest BCUT2D eigenvalue weighted by molar-refractivity contribution is 7.99. The summed E-state index contributed by atoms with van der Waals surface area (Å²) < 4.78 is 62.0. The number of carbonyl (C=O) groups excluding carboxylic acids is 1. The van der Waals surface area contributed by atoms with Crippen LogP contribution in [-0.4, -0.2) is 51.6 Å². The van der Waals surface area contributed by atoms with Gasteiger partial charge < -0.3 is 10.6 Å². The first-order valence-corrected chi connectivity index (χ1v) is 12.6. The van der Waals surface area contributed by atoms with Crippen LogP contribution in [0, 0.1) is 23.2 Å². The van der Waals surface area contributed by atoms with Gasteiger partial charge in [-0.15, -0.1) is 11.8 Å². The van der Waals surface area contributed by atoms with Gasteiger partial charge in [-0.3, -0.25) is 4.79 Å². The van der Waals surface area contributed by atoms with Crippen LogP contribution in [-0.2, 0) is 14.6 Å². The molecule has 0 saturated heterocycles. The second-order valence-corrected chi connectivity index (χ2v) is 10.6. The molecule has 11 heteroatoms. The predicted molar refractivity (Wildman–Crippen MR) is 112 cm³/mol. The van der Waals surface area contributed by atoms with Gasteiger partial charge in [0, 0.05) is 23.1 Å². The molecule has 2 atom stereocenters. The van der Waals surface area contributed by atoms with E-state index in [2.05, 4.69) is 10.6 Å². The zero-order valence-corrected chi connectivity index (χ0v) is 18.6. The number of alkyl halides is 3. The van der Waals surface area contributed by atoms with E-state index in [9.17, 15) is 26.4 Å². The molecule has 1 amide bonds. The van der Waals surface area contributed by atoms with E-state index in [1.54, 1.807) is 12.1 Å². The smallest absolute Gasteiger partial charge is 0.343 e. The highest BCUT2D eigenvalue weighted by Crippen LogP contribution is 2.33. The summed E-state index contributed by atoms with van der Waals surface area (Å²) in [6.07, 6.45) is -1.28. The molecule has 0 aliphatic heterocycles. The van der Waals surface area contributed by atoms with Gasteiger partial charge in [-0.05, 0) is 43.0 Å². The fourth-order valence-corrected chi connectivity index (χ4v) is 6.12. The Kier molecular flexibility index (Phi) is 9.65. The highest BCUT2D eigenvalue weighted by atomic mass is 32.2. The van der Waals surface area contributed by atoms with Crippen LogP contribution in [0.3, 0.4) is 0 Å². The zero-order chi connectivity index (χ0) is 22.9. The summed E-state index contributed by atoms with van der Waals surface area (Å²) in [6, 6.07) is 8.12. The number of nitrogens with one attached hydrogen (secondary N) is 2. The lowest BCUT2D eigenvalue weighted by atomic mass is 9.80. The number of halogens is 3. The predicted octanol–water partition coefficient (Wildman–Crippen LogP) is 3.15. The Morgan fingerprint density at radius 2 is 1.87 bits per heavy atom. The van der Waals surface area contributed by atoms with Crippen molar-refractivity contribution in [1.82, 2.24) is 10.6 Å². The van der Waals surface area contributed by atoms with Crippen LogP contribution in [0.15, 0.2) is 34.1 Å². The van der Waals surface area contributed by atoms with Crippen molar-refractivity contribution in [2.75, 3.05) is 31.1 Å². The molecule has 2 N–H and O–H groups in total. The normalized spacial score (nSPS) is 19.5. The Balaban J connectivity index is 1.92. The van der Waals surface area contributed by atoms with Crippen molar-refractivity contribution in [1.29, 1.82) is 5.26 Å². The number of hydrogen-bond donors (Lipinski definition) is 2. The van der Waals surface area contributed by atoms with Crippen LogP contribution in [0.4, 0.5) is 13.2 Å². The molecule has 1 fully saturated rings. The van der Waals surface area contributed by atoms with Crippen molar-refractivity contribution in [3.63, 3.8) is 0 Å². The van der Waals surface area contributed by atoms with Gasteiger partial charge in [0.05, 0.1) is 23.3 Å². The van der Waals surface area contributed by atoms with Crippen LogP contribution in [0.5, 0.6) is 0 Å². The van der Waals surface area contributed by atoms with Gasteiger partial charge in [0.25, 0.3) is 0 Å². The molecular weight excluding hydrogens is 451 g/mol. The molecule has 0 heterocycles.